The van der Waals surface area contributed by atoms with Crippen LogP contribution in [0, 0.1) is 6.92 Å². The van der Waals surface area contributed by atoms with Gasteiger partial charge in [-0.2, -0.15) is 11.8 Å². The van der Waals surface area contributed by atoms with Gasteiger partial charge in [0.2, 0.25) is 5.88 Å². The standard InChI is InChI=1S/C12H21N3OS/c1-5-16-12-10(3)11(13-8-14-12)15-9(2)6-7-17-4/h8-9H,5-7H2,1-4H3,(H,13,14,15). The average molecular weight is 255 g/mol. The van der Waals surface area contributed by atoms with Crippen molar-refractivity contribution in [1.82, 2.24) is 9.97 Å². The lowest BCUT2D eigenvalue weighted by atomic mass is 10.2. The summed E-state index contributed by atoms with van der Waals surface area (Å²) in [6.45, 7) is 6.72. The summed E-state index contributed by atoms with van der Waals surface area (Å²) in [4.78, 5) is 8.38. The fraction of sp³-hybridized carbons (Fsp3) is 0.667. The molecule has 0 aliphatic carbocycles. The summed E-state index contributed by atoms with van der Waals surface area (Å²) < 4.78 is 5.44. The lowest BCUT2D eigenvalue weighted by Gasteiger charge is -2.16. The molecule has 1 aromatic rings. The number of aromatic nitrogens is 2. The number of ether oxygens (including phenoxy) is 1. The van der Waals surface area contributed by atoms with Crippen LogP contribution in [0.3, 0.4) is 0 Å². The topological polar surface area (TPSA) is 47.0 Å². The molecule has 1 unspecified atom stereocenters. The van der Waals surface area contributed by atoms with Gasteiger partial charge in [-0.3, -0.25) is 0 Å². The van der Waals surface area contributed by atoms with E-state index in [9.17, 15) is 0 Å². The highest BCUT2D eigenvalue weighted by Crippen LogP contribution is 2.21. The zero-order valence-corrected chi connectivity index (χ0v) is 11.8. The second-order valence-electron chi connectivity index (χ2n) is 3.91. The Morgan fingerprint density at radius 1 is 1.47 bits per heavy atom. The Balaban J connectivity index is 2.67. The Morgan fingerprint density at radius 2 is 2.24 bits per heavy atom. The molecule has 0 bridgehead atoms. The molecule has 1 N–H and O–H groups in total. The number of nitrogens with zero attached hydrogens (tertiary/aromatic N) is 2. The molecule has 4 nitrogen and oxygen atoms in total. The number of nitrogens with one attached hydrogen (secondary N) is 1. The molecular formula is C12H21N3OS. The second-order valence-corrected chi connectivity index (χ2v) is 4.90. The van der Waals surface area contributed by atoms with Crippen LogP contribution in [0.15, 0.2) is 6.33 Å². The molecule has 1 atom stereocenters. The highest BCUT2D eigenvalue weighted by molar-refractivity contribution is 7.98. The van der Waals surface area contributed by atoms with Gasteiger partial charge in [0.25, 0.3) is 0 Å². The third-order valence-electron chi connectivity index (χ3n) is 2.46. The molecule has 0 aliphatic rings. The van der Waals surface area contributed by atoms with Crippen LogP contribution in [-0.2, 0) is 0 Å². The maximum atomic E-state index is 5.44. The van der Waals surface area contributed by atoms with Gasteiger partial charge in [-0.15, -0.1) is 0 Å². The SMILES string of the molecule is CCOc1ncnc(NC(C)CCSC)c1C. The first kappa shape index (κ1) is 14.1. The van der Waals surface area contributed by atoms with Gasteiger partial charge in [-0.1, -0.05) is 0 Å². The van der Waals surface area contributed by atoms with Crippen LogP contribution >= 0.6 is 11.8 Å². The second kappa shape index (κ2) is 7.37. The Morgan fingerprint density at radius 3 is 2.88 bits per heavy atom. The molecule has 0 aromatic carbocycles. The van der Waals surface area contributed by atoms with Crippen molar-refractivity contribution in [3.63, 3.8) is 0 Å². The van der Waals surface area contributed by atoms with E-state index in [1.54, 1.807) is 6.33 Å². The Bertz CT molecular complexity index is 347. The predicted molar refractivity (Wildman–Crippen MR) is 74.0 cm³/mol. The van der Waals surface area contributed by atoms with Crippen LogP contribution in [0.25, 0.3) is 0 Å². The monoisotopic (exact) mass is 255 g/mol. The maximum absolute atomic E-state index is 5.44. The number of thioether (sulfide) groups is 1. The largest absolute Gasteiger partial charge is 0.478 e. The molecule has 1 heterocycles. The molecule has 96 valence electrons. The Hall–Kier alpha value is -0.970. The van der Waals surface area contributed by atoms with Crippen molar-refractivity contribution < 1.29 is 4.74 Å². The summed E-state index contributed by atoms with van der Waals surface area (Å²) in [5.74, 6) is 2.69. The molecule has 0 amide bonds. The fourth-order valence-corrected chi connectivity index (χ4v) is 2.05. The minimum Gasteiger partial charge on any atom is -0.478 e. The molecule has 1 aromatic heterocycles. The first-order chi connectivity index (χ1) is 8.19. The summed E-state index contributed by atoms with van der Waals surface area (Å²) in [7, 11) is 0. The molecule has 0 saturated heterocycles. The minimum absolute atomic E-state index is 0.408. The fourth-order valence-electron chi connectivity index (χ4n) is 1.46. The third kappa shape index (κ3) is 4.42. The zero-order chi connectivity index (χ0) is 12.7. The summed E-state index contributed by atoms with van der Waals surface area (Å²) in [6, 6.07) is 0.408. The van der Waals surface area contributed by atoms with E-state index in [-0.39, 0.29) is 0 Å². The lowest BCUT2D eigenvalue weighted by Crippen LogP contribution is -2.18. The van der Waals surface area contributed by atoms with Crippen LogP contribution in [0.5, 0.6) is 5.88 Å². The first-order valence-corrected chi connectivity index (χ1v) is 7.28. The van der Waals surface area contributed by atoms with Crippen molar-refractivity contribution in [3.8, 4) is 5.88 Å². The van der Waals surface area contributed by atoms with Crippen molar-refractivity contribution in [2.45, 2.75) is 33.2 Å². The normalized spacial score (nSPS) is 12.2. The molecule has 0 spiro atoms. The van der Waals surface area contributed by atoms with Crippen LogP contribution in [0.2, 0.25) is 0 Å². The van der Waals surface area contributed by atoms with Gasteiger partial charge in [0.15, 0.2) is 0 Å². The molecule has 0 radical (unpaired) electrons. The number of hydrogen-bond donors (Lipinski definition) is 1. The van der Waals surface area contributed by atoms with Crippen molar-refractivity contribution in [2.75, 3.05) is 23.9 Å². The molecule has 1 rings (SSSR count). The van der Waals surface area contributed by atoms with Gasteiger partial charge < -0.3 is 10.1 Å². The molecule has 17 heavy (non-hydrogen) atoms. The Labute approximate surface area is 108 Å². The van der Waals surface area contributed by atoms with Crippen LogP contribution in [0.4, 0.5) is 5.82 Å². The maximum Gasteiger partial charge on any atom is 0.221 e. The number of hydrogen-bond acceptors (Lipinski definition) is 5. The van der Waals surface area contributed by atoms with E-state index in [4.69, 9.17) is 4.74 Å². The minimum atomic E-state index is 0.408. The molecule has 5 heteroatoms. The summed E-state index contributed by atoms with van der Waals surface area (Å²) >= 11 is 1.86. The smallest absolute Gasteiger partial charge is 0.221 e. The van der Waals surface area contributed by atoms with Crippen molar-refractivity contribution >= 4 is 17.6 Å². The van der Waals surface area contributed by atoms with Crippen LogP contribution in [-0.4, -0.2) is 34.6 Å². The highest BCUT2D eigenvalue weighted by atomic mass is 32.2. The van der Waals surface area contributed by atoms with E-state index in [2.05, 4.69) is 28.5 Å². The van der Waals surface area contributed by atoms with Gasteiger partial charge in [-0.05, 0) is 39.2 Å². The molecule has 0 fully saturated rings. The van der Waals surface area contributed by atoms with Crippen molar-refractivity contribution in [1.29, 1.82) is 0 Å². The molecule has 0 saturated carbocycles. The van der Waals surface area contributed by atoms with Crippen molar-refractivity contribution in [2.24, 2.45) is 0 Å². The van der Waals surface area contributed by atoms with Gasteiger partial charge in [0.1, 0.15) is 12.1 Å². The molecule has 0 aliphatic heterocycles. The summed E-state index contributed by atoms with van der Waals surface area (Å²) in [6.07, 6.45) is 4.78. The summed E-state index contributed by atoms with van der Waals surface area (Å²) in [5.41, 5.74) is 0.977. The molecular weight excluding hydrogens is 234 g/mol. The van der Waals surface area contributed by atoms with Gasteiger partial charge in [-0.25, -0.2) is 9.97 Å². The van der Waals surface area contributed by atoms with Gasteiger partial charge in [0, 0.05) is 6.04 Å². The van der Waals surface area contributed by atoms with Gasteiger partial charge in [0.05, 0.1) is 12.2 Å². The zero-order valence-electron chi connectivity index (χ0n) is 11.0. The Kier molecular flexibility index (Phi) is 6.11. The third-order valence-corrected chi connectivity index (χ3v) is 3.10. The van der Waals surface area contributed by atoms with Crippen molar-refractivity contribution in [3.05, 3.63) is 11.9 Å². The first-order valence-electron chi connectivity index (χ1n) is 5.88. The van der Waals surface area contributed by atoms with Gasteiger partial charge >= 0.3 is 0 Å². The van der Waals surface area contributed by atoms with E-state index in [1.807, 2.05) is 25.6 Å². The van der Waals surface area contributed by atoms with E-state index in [0.29, 0.717) is 18.5 Å². The highest BCUT2D eigenvalue weighted by Gasteiger charge is 2.10. The van der Waals surface area contributed by atoms with E-state index < -0.39 is 0 Å². The number of rotatable bonds is 7. The van der Waals surface area contributed by atoms with E-state index >= 15 is 0 Å². The predicted octanol–water partition coefficient (Wildman–Crippen LogP) is 2.74. The summed E-state index contributed by atoms with van der Waals surface area (Å²) in [5, 5.41) is 3.40. The van der Waals surface area contributed by atoms with E-state index in [1.165, 1.54) is 0 Å². The average Bonchev–Trinajstić information content (AvgIpc) is 2.32. The quantitative estimate of drug-likeness (QED) is 0.811. The van der Waals surface area contributed by atoms with Crippen LogP contribution < -0.4 is 10.1 Å². The lowest BCUT2D eigenvalue weighted by molar-refractivity contribution is 0.324. The van der Waals surface area contributed by atoms with Crippen LogP contribution in [0.1, 0.15) is 25.8 Å². The number of anilines is 1. The van der Waals surface area contributed by atoms with E-state index in [0.717, 1.165) is 23.6 Å².